The van der Waals surface area contributed by atoms with E-state index in [1.54, 1.807) is 67.2 Å². The Labute approximate surface area is 219 Å². The third kappa shape index (κ3) is 3.30. The number of rotatable bonds is 4. The standard InChI is InChI=1S/C32H24N2O4/c1-33-25-19-11-9-17-23(25)28(27(30(33)36)21-13-5-3-6-14-21)38-32(22-15-7-4-8-16-22)29(35)24-18-10-12-20-26(24)34(2)31(32)37/h3-20H,1-2H3. The number of aryl methyl sites for hydroxylation is 1. The van der Waals surface area contributed by atoms with Crippen molar-refractivity contribution < 1.29 is 14.3 Å². The van der Waals surface area contributed by atoms with Crippen LogP contribution in [-0.2, 0) is 17.4 Å². The minimum Gasteiger partial charge on any atom is -0.463 e. The number of likely N-dealkylation sites (N-methyl/N-ethyl adjacent to an activating group) is 1. The summed E-state index contributed by atoms with van der Waals surface area (Å²) in [6, 6.07) is 32.3. The van der Waals surface area contributed by atoms with Gasteiger partial charge in [-0.15, -0.1) is 0 Å². The number of ketones is 1. The Kier molecular flexibility index (Phi) is 5.46. The SMILES string of the molecule is CN1C(=O)C(Oc2c(-c3ccccc3)c(=O)n(C)c3ccccc23)(c2ccccc2)C(=O)c2ccccc21. The van der Waals surface area contributed by atoms with Crippen molar-refractivity contribution in [1.29, 1.82) is 0 Å². The van der Waals surface area contributed by atoms with Crippen LogP contribution >= 0.6 is 0 Å². The summed E-state index contributed by atoms with van der Waals surface area (Å²) in [6.45, 7) is 0. The number of anilines is 1. The molecule has 1 unspecified atom stereocenters. The molecule has 2 heterocycles. The van der Waals surface area contributed by atoms with E-state index >= 15 is 0 Å². The number of amides is 1. The predicted octanol–water partition coefficient (Wildman–Crippen LogP) is 5.34. The lowest BCUT2D eigenvalue weighted by atomic mass is 9.80. The Morgan fingerprint density at radius 3 is 2.03 bits per heavy atom. The summed E-state index contributed by atoms with van der Waals surface area (Å²) in [5, 5.41) is 0.617. The molecule has 1 aliphatic heterocycles. The smallest absolute Gasteiger partial charge is 0.284 e. The van der Waals surface area contributed by atoms with Crippen LogP contribution in [-0.4, -0.2) is 23.3 Å². The lowest BCUT2D eigenvalue weighted by molar-refractivity contribution is -0.131. The van der Waals surface area contributed by atoms with Gasteiger partial charge in [0.15, 0.2) is 0 Å². The molecule has 0 spiro atoms. The van der Waals surface area contributed by atoms with Gasteiger partial charge in [0.2, 0.25) is 5.78 Å². The van der Waals surface area contributed by atoms with E-state index in [4.69, 9.17) is 4.74 Å². The second kappa shape index (κ2) is 8.85. The van der Waals surface area contributed by atoms with E-state index in [9.17, 15) is 14.4 Å². The molecule has 4 aromatic carbocycles. The molecule has 1 aromatic heterocycles. The minimum absolute atomic E-state index is 0.188. The first-order valence-corrected chi connectivity index (χ1v) is 12.3. The number of pyridine rings is 1. The van der Waals surface area contributed by atoms with Crippen LogP contribution in [0.1, 0.15) is 15.9 Å². The Morgan fingerprint density at radius 2 is 1.29 bits per heavy atom. The molecule has 5 aromatic rings. The van der Waals surface area contributed by atoms with Crippen molar-refractivity contribution in [3.05, 3.63) is 131 Å². The van der Waals surface area contributed by atoms with Crippen molar-refractivity contribution in [2.24, 2.45) is 7.05 Å². The summed E-state index contributed by atoms with van der Waals surface area (Å²) in [5.74, 6) is -0.824. The van der Waals surface area contributed by atoms with Crippen molar-refractivity contribution in [1.82, 2.24) is 4.57 Å². The molecule has 0 saturated carbocycles. The summed E-state index contributed by atoms with van der Waals surface area (Å²) in [4.78, 5) is 43.9. The molecule has 0 radical (unpaired) electrons. The third-order valence-electron chi connectivity index (χ3n) is 7.19. The molecule has 6 rings (SSSR count). The van der Waals surface area contributed by atoms with Crippen LogP contribution in [0, 0.1) is 0 Å². The molecule has 38 heavy (non-hydrogen) atoms. The fourth-order valence-electron chi connectivity index (χ4n) is 5.25. The van der Waals surface area contributed by atoms with E-state index in [0.717, 1.165) is 0 Å². The number of hydrogen-bond donors (Lipinski definition) is 0. The maximum absolute atomic E-state index is 14.4. The van der Waals surface area contributed by atoms with Crippen molar-refractivity contribution in [3.8, 4) is 16.9 Å². The van der Waals surface area contributed by atoms with Crippen molar-refractivity contribution >= 4 is 28.3 Å². The fraction of sp³-hybridized carbons (Fsp3) is 0.0938. The zero-order valence-electron chi connectivity index (χ0n) is 20.9. The highest BCUT2D eigenvalue weighted by atomic mass is 16.5. The Balaban J connectivity index is 1.72. The molecule has 1 amide bonds. The number of carbonyl (C=O) groups excluding carboxylic acids is 2. The summed E-state index contributed by atoms with van der Waals surface area (Å²) in [7, 11) is 3.34. The van der Waals surface area contributed by atoms with Crippen molar-refractivity contribution in [2.75, 3.05) is 11.9 Å². The molecule has 6 heteroatoms. The van der Waals surface area contributed by atoms with Crippen LogP contribution in [0.3, 0.4) is 0 Å². The molecule has 1 atom stereocenters. The van der Waals surface area contributed by atoms with Crippen LogP contribution in [0.2, 0.25) is 0 Å². The topological polar surface area (TPSA) is 68.6 Å². The van der Waals surface area contributed by atoms with Gasteiger partial charge >= 0.3 is 0 Å². The minimum atomic E-state index is -2.04. The van der Waals surface area contributed by atoms with Gasteiger partial charge in [0.1, 0.15) is 5.75 Å². The van der Waals surface area contributed by atoms with Gasteiger partial charge < -0.3 is 14.2 Å². The zero-order chi connectivity index (χ0) is 26.4. The molecular formula is C32H24N2O4. The van der Waals surface area contributed by atoms with Crippen LogP contribution in [0.15, 0.2) is 114 Å². The van der Waals surface area contributed by atoms with Gasteiger partial charge in [-0.25, -0.2) is 0 Å². The van der Waals surface area contributed by atoms with Crippen LogP contribution in [0.25, 0.3) is 22.0 Å². The lowest BCUT2D eigenvalue weighted by Crippen LogP contribution is -2.58. The maximum Gasteiger partial charge on any atom is 0.284 e. The highest BCUT2D eigenvalue weighted by molar-refractivity contribution is 6.27. The second-order valence-electron chi connectivity index (χ2n) is 9.31. The normalized spacial score (nSPS) is 16.9. The van der Waals surface area contributed by atoms with E-state index < -0.39 is 17.3 Å². The van der Waals surface area contributed by atoms with Crippen LogP contribution in [0.5, 0.6) is 5.75 Å². The van der Waals surface area contributed by atoms with Crippen LogP contribution in [0.4, 0.5) is 5.69 Å². The van der Waals surface area contributed by atoms with Gasteiger partial charge in [0.25, 0.3) is 17.1 Å². The zero-order valence-corrected chi connectivity index (χ0v) is 20.9. The highest BCUT2D eigenvalue weighted by Gasteiger charge is 2.56. The van der Waals surface area contributed by atoms with Gasteiger partial charge in [-0.2, -0.15) is 0 Å². The monoisotopic (exact) mass is 500 g/mol. The Hall–Kier alpha value is -4.97. The van der Waals surface area contributed by atoms with Gasteiger partial charge in [0.05, 0.1) is 16.8 Å². The van der Waals surface area contributed by atoms with Crippen LogP contribution < -0.4 is 15.2 Å². The summed E-state index contributed by atoms with van der Waals surface area (Å²) in [6.07, 6.45) is 0. The number of nitrogens with zero attached hydrogens (tertiary/aromatic N) is 2. The number of hydrogen-bond acceptors (Lipinski definition) is 4. The largest absolute Gasteiger partial charge is 0.463 e. The average molecular weight is 501 g/mol. The first-order valence-electron chi connectivity index (χ1n) is 12.3. The molecule has 186 valence electrons. The highest BCUT2D eigenvalue weighted by Crippen LogP contribution is 2.44. The van der Waals surface area contributed by atoms with Gasteiger partial charge in [-0.3, -0.25) is 14.4 Å². The van der Waals surface area contributed by atoms with Gasteiger partial charge in [-0.1, -0.05) is 84.9 Å². The number of para-hydroxylation sites is 2. The summed E-state index contributed by atoms with van der Waals surface area (Å²) < 4.78 is 8.32. The van der Waals surface area contributed by atoms with E-state index in [1.807, 2.05) is 60.7 Å². The molecule has 0 aliphatic carbocycles. The molecule has 0 N–H and O–H groups in total. The molecule has 6 nitrogen and oxygen atoms in total. The van der Waals surface area contributed by atoms with Gasteiger partial charge in [-0.05, 0) is 29.8 Å². The number of ether oxygens (including phenoxy) is 1. The lowest BCUT2D eigenvalue weighted by Gasteiger charge is -2.40. The number of aromatic nitrogens is 1. The number of benzene rings is 4. The molecule has 0 fully saturated rings. The second-order valence-corrected chi connectivity index (χ2v) is 9.31. The van der Waals surface area contributed by atoms with Crippen molar-refractivity contribution in [3.63, 3.8) is 0 Å². The number of fused-ring (bicyclic) bond motifs is 2. The first-order chi connectivity index (χ1) is 18.4. The molecule has 1 aliphatic rings. The van der Waals surface area contributed by atoms with Gasteiger partial charge in [0, 0.05) is 30.6 Å². The van der Waals surface area contributed by atoms with E-state index in [2.05, 4.69) is 0 Å². The molecule has 0 bridgehead atoms. The number of Topliss-reactive ketones (excluding diaryl/α,β-unsaturated/α-hetero) is 1. The number of carbonyl (C=O) groups is 2. The van der Waals surface area contributed by atoms with E-state index in [-0.39, 0.29) is 16.9 Å². The maximum atomic E-state index is 14.4. The Bertz CT molecular complexity index is 1780. The molecule has 0 saturated heterocycles. The predicted molar refractivity (Wildman–Crippen MR) is 148 cm³/mol. The third-order valence-corrected chi connectivity index (χ3v) is 7.19. The van der Waals surface area contributed by atoms with E-state index in [0.29, 0.717) is 33.3 Å². The quantitative estimate of drug-likeness (QED) is 0.313. The summed E-state index contributed by atoms with van der Waals surface area (Å²) >= 11 is 0. The van der Waals surface area contributed by atoms with E-state index in [1.165, 1.54) is 4.90 Å². The average Bonchev–Trinajstić information content (AvgIpc) is 2.97. The Morgan fingerprint density at radius 1 is 0.684 bits per heavy atom. The molecular weight excluding hydrogens is 476 g/mol. The summed E-state index contributed by atoms with van der Waals surface area (Å²) in [5.41, 5.74) is 0.467. The fourth-order valence-corrected chi connectivity index (χ4v) is 5.25. The first kappa shape index (κ1) is 23.4. The van der Waals surface area contributed by atoms with Crippen molar-refractivity contribution in [2.45, 2.75) is 5.60 Å².